The third-order valence-corrected chi connectivity index (χ3v) is 5.18. The Morgan fingerprint density at radius 2 is 1.55 bits per heavy atom. The number of benzene rings is 3. The molecule has 6 nitrogen and oxygen atoms in total. The molecule has 0 amide bonds. The molecule has 9 heteroatoms. The molecule has 0 spiro atoms. The number of alkyl halides is 3. The fourth-order valence-electron chi connectivity index (χ4n) is 3.45. The van der Waals surface area contributed by atoms with Gasteiger partial charge in [0.2, 0.25) is 5.82 Å². The van der Waals surface area contributed by atoms with E-state index in [1.807, 2.05) is 19.1 Å². The number of hydrogen-bond donors (Lipinski definition) is 0. The maximum absolute atomic E-state index is 13.1. The van der Waals surface area contributed by atoms with Gasteiger partial charge in [-0.05, 0) is 37.3 Å². The Balaban J connectivity index is 1.63. The number of fused-ring (bicyclic) bond motifs is 1. The van der Waals surface area contributed by atoms with Gasteiger partial charge in [0, 0.05) is 10.9 Å². The molecule has 33 heavy (non-hydrogen) atoms. The molecule has 0 bridgehead atoms. The minimum absolute atomic E-state index is 0.0435. The molecular formula is C24H15F3N4O2. The largest absolute Gasteiger partial charge is 0.416 e. The predicted octanol–water partition coefficient (Wildman–Crippen LogP) is 5.43. The second-order valence-electron chi connectivity index (χ2n) is 7.44. The molecule has 2 aromatic heterocycles. The van der Waals surface area contributed by atoms with E-state index in [2.05, 4.69) is 15.2 Å². The van der Waals surface area contributed by atoms with E-state index in [-0.39, 0.29) is 23.0 Å². The van der Waals surface area contributed by atoms with Gasteiger partial charge in [0.1, 0.15) is 0 Å². The van der Waals surface area contributed by atoms with E-state index in [0.717, 1.165) is 17.7 Å². The standard InChI is InChI=1S/C24H15F3N4O2/c1-14-6-12-17(13-7-14)31-23(32)19-5-3-2-4-18(19)20(29-31)22-28-21(30-33-22)15-8-10-16(11-9-15)24(25,26)27/h2-13H,1H3. The van der Waals surface area contributed by atoms with Crippen molar-refractivity contribution in [1.29, 1.82) is 0 Å². The summed E-state index contributed by atoms with van der Waals surface area (Å²) in [7, 11) is 0. The van der Waals surface area contributed by atoms with Crippen LogP contribution in [-0.4, -0.2) is 19.9 Å². The molecule has 0 saturated heterocycles. The molecule has 0 aliphatic rings. The van der Waals surface area contributed by atoms with Crippen molar-refractivity contribution >= 4 is 10.8 Å². The van der Waals surface area contributed by atoms with E-state index >= 15 is 0 Å². The minimum atomic E-state index is -4.44. The van der Waals surface area contributed by atoms with Gasteiger partial charge < -0.3 is 4.52 Å². The van der Waals surface area contributed by atoms with Crippen LogP contribution in [0.5, 0.6) is 0 Å². The van der Waals surface area contributed by atoms with Gasteiger partial charge in [-0.2, -0.15) is 27.9 Å². The minimum Gasteiger partial charge on any atom is -0.332 e. The van der Waals surface area contributed by atoms with Crippen molar-refractivity contribution in [3.8, 4) is 28.7 Å². The van der Waals surface area contributed by atoms with Gasteiger partial charge in [0.05, 0.1) is 16.6 Å². The van der Waals surface area contributed by atoms with Crippen LogP contribution >= 0.6 is 0 Å². The molecule has 164 valence electrons. The van der Waals surface area contributed by atoms with Crippen LogP contribution in [0.4, 0.5) is 13.2 Å². The van der Waals surface area contributed by atoms with Gasteiger partial charge in [0.25, 0.3) is 11.4 Å². The molecule has 5 aromatic rings. The SMILES string of the molecule is Cc1ccc(-n2nc(-c3nc(-c4ccc(C(F)(F)F)cc4)no3)c3ccccc3c2=O)cc1. The van der Waals surface area contributed by atoms with Crippen LogP contribution in [0.15, 0.2) is 82.1 Å². The molecule has 0 radical (unpaired) electrons. The van der Waals surface area contributed by atoms with Gasteiger partial charge in [-0.3, -0.25) is 4.79 Å². The number of aromatic nitrogens is 4. The number of rotatable bonds is 3. The van der Waals surface area contributed by atoms with Crippen molar-refractivity contribution in [3.05, 3.63) is 94.3 Å². The summed E-state index contributed by atoms with van der Waals surface area (Å²) in [6.45, 7) is 1.94. The molecule has 0 saturated carbocycles. The van der Waals surface area contributed by atoms with Crippen LogP contribution in [0.3, 0.4) is 0 Å². The molecule has 0 aliphatic heterocycles. The van der Waals surface area contributed by atoms with Gasteiger partial charge in [-0.15, -0.1) is 0 Å². The third kappa shape index (κ3) is 3.78. The summed E-state index contributed by atoms with van der Waals surface area (Å²) in [6, 6.07) is 18.7. The van der Waals surface area contributed by atoms with Crippen molar-refractivity contribution in [1.82, 2.24) is 19.9 Å². The normalized spacial score (nSPS) is 11.8. The predicted molar refractivity (Wildman–Crippen MR) is 116 cm³/mol. The Labute approximate surface area is 184 Å². The lowest BCUT2D eigenvalue weighted by atomic mass is 10.1. The quantitative estimate of drug-likeness (QED) is 0.368. The fraction of sp³-hybridized carbons (Fsp3) is 0.0833. The van der Waals surface area contributed by atoms with Crippen molar-refractivity contribution in [2.75, 3.05) is 0 Å². The monoisotopic (exact) mass is 448 g/mol. The van der Waals surface area contributed by atoms with Crippen molar-refractivity contribution in [3.63, 3.8) is 0 Å². The maximum Gasteiger partial charge on any atom is 0.416 e. The van der Waals surface area contributed by atoms with Crippen LogP contribution < -0.4 is 5.56 Å². The summed E-state index contributed by atoms with van der Waals surface area (Å²) in [5.74, 6) is 0.152. The highest BCUT2D eigenvalue weighted by Crippen LogP contribution is 2.31. The zero-order valence-electron chi connectivity index (χ0n) is 17.2. The number of hydrogen-bond acceptors (Lipinski definition) is 5. The Bertz CT molecular complexity index is 1520. The molecule has 2 heterocycles. The van der Waals surface area contributed by atoms with Crippen LogP contribution in [0.1, 0.15) is 11.1 Å². The van der Waals surface area contributed by atoms with E-state index in [0.29, 0.717) is 22.0 Å². The lowest BCUT2D eigenvalue weighted by Crippen LogP contribution is -2.22. The van der Waals surface area contributed by atoms with Crippen molar-refractivity contribution < 1.29 is 17.7 Å². The Morgan fingerprint density at radius 3 is 2.21 bits per heavy atom. The summed E-state index contributed by atoms with van der Waals surface area (Å²) in [4.78, 5) is 17.4. The van der Waals surface area contributed by atoms with E-state index < -0.39 is 11.7 Å². The Morgan fingerprint density at radius 1 is 0.879 bits per heavy atom. The molecule has 0 atom stereocenters. The zero-order chi connectivity index (χ0) is 23.2. The summed E-state index contributed by atoms with van der Waals surface area (Å²) in [5, 5.41) is 9.32. The van der Waals surface area contributed by atoms with Gasteiger partial charge in [0.15, 0.2) is 5.69 Å². The number of aryl methyl sites for hydroxylation is 1. The third-order valence-electron chi connectivity index (χ3n) is 5.18. The van der Waals surface area contributed by atoms with E-state index in [1.54, 1.807) is 36.4 Å². The first-order valence-electron chi connectivity index (χ1n) is 9.92. The summed E-state index contributed by atoms with van der Waals surface area (Å²) in [5.41, 5.74) is 1.17. The van der Waals surface area contributed by atoms with Gasteiger partial charge in [-0.25, -0.2) is 0 Å². The van der Waals surface area contributed by atoms with Crippen LogP contribution in [0.25, 0.3) is 39.4 Å². The van der Waals surface area contributed by atoms with E-state index in [9.17, 15) is 18.0 Å². The van der Waals surface area contributed by atoms with Gasteiger partial charge in [-0.1, -0.05) is 53.2 Å². The molecule has 0 unspecified atom stereocenters. The van der Waals surface area contributed by atoms with Crippen LogP contribution in [-0.2, 0) is 6.18 Å². The number of halogens is 3. The smallest absolute Gasteiger partial charge is 0.332 e. The molecule has 5 rings (SSSR count). The topological polar surface area (TPSA) is 73.8 Å². The highest BCUT2D eigenvalue weighted by molar-refractivity contribution is 5.92. The highest BCUT2D eigenvalue weighted by Gasteiger charge is 2.30. The Hall–Kier alpha value is -4.27. The Kier molecular flexibility index (Phi) is 4.81. The average molecular weight is 448 g/mol. The van der Waals surface area contributed by atoms with E-state index in [1.165, 1.54) is 16.8 Å². The second kappa shape index (κ2) is 7.70. The molecular weight excluding hydrogens is 433 g/mol. The van der Waals surface area contributed by atoms with Gasteiger partial charge >= 0.3 is 6.18 Å². The summed E-state index contributed by atoms with van der Waals surface area (Å²) < 4.78 is 45.2. The van der Waals surface area contributed by atoms with Crippen LogP contribution in [0, 0.1) is 6.92 Å². The second-order valence-corrected chi connectivity index (χ2v) is 7.44. The van der Waals surface area contributed by atoms with E-state index in [4.69, 9.17) is 4.52 Å². The molecule has 0 N–H and O–H groups in total. The zero-order valence-corrected chi connectivity index (χ0v) is 17.2. The number of nitrogens with zero attached hydrogens (tertiary/aromatic N) is 4. The first-order valence-corrected chi connectivity index (χ1v) is 9.92. The molecule has 0 aliphatic carbocycles. The first-order chi connectivity index (χ1) is 15.8. The summed E-state index contributed by atoms with van der Waals surface area (Å²) >= 11 is 0. The molecule has 3 aromatic carbocycles. The summed E-state index contributed by atoms with van der Waals surface area (Å²) in [6.07, 6.45) is -4.44. The molecule has 0 fully saturated rings. The highest BCUT2D eigenvalue weighted by atomic mass is 19.4. The van der Waals surface area contributed by atoms with Crippen LogP contribution in [0.2, 0.25) is 0 Å². The fourth-order valence-corrected chi connectivity index (χ4v) is 3.45. The van der Waals surface area contributed by atoms with Crippen molar-refractivity contribution in [2.45, 2.75) is 13.1 Å². The maximum atomic E-state index is 13.1. The lowest BCUT2D eigenvalue weighted by molar-refractivity contribution is -0.137. The first kappa shape index (κ1) is 20.6. The average Bonchev–Trinajstić information content (AvgIpc) is 3.30. The lowest BCUT2D eigenvalue weighted by Gasteiger charge is -2.09. The van der Waals surface area contributed by atoms with Crippen molar-refractivity contribution in [2.24, 2.45) is 0 Å².